The molecule has 1 aromatic carbocycles. The van der Waals surface area contributed by atoms with Gasteiger partial charge in [-0.15, -0.1) is 12.3 Å². The number of hydrogen-bond donors (Lipinski definition) is 1. The van der Waals surface area contributed by atoms with E-state index in [1.807, 2.05) is 31.2 Å². The Hall–Kier alpha value is -0.780. The molecule has 0 amide bonds. The molecule has 0 radical (unpaired) electrons. The average Bonchev–Trinajstić information content (AvgIpc) is 2.18. The molecule has 1 aromatic rings. The summed E-state index contributed by atoms with van der Waals surface area (Å²) in [5.74, 6) is 2.58. The molecular formula is C13H15BrO. The Morgan fingerprint density at radius 3 is 2.87 bits per heavy atom. The van der Waals surface area contributed by atoms with E-state index in [0.717, 1.165) is 16.5 Å². The fraction of sp³-hybridized carbons (Fsp3) is 0.385. The van der Waals surface area contributed by atoms with E-state index in [1.54, 1.807) is 0 Å². The van der Waals surface area contributed by atoms with Gasteiger partial charge >= 0.3 is 0 Å². The molecule has 0 saturated heterocycles. The van der Waals surface area contributed by atoms with Crippen molar-refractivity contribution < 1.29 is 5.11 Å². The third kappa shape index (κ3) is 3.70. The zero-order valence-corrected chi connectivity index (χ0v) is 10.4. The van der Waals surface area contributed by atoms with E-state index in [-0.39, 0.29) is 0 Å². The molecule has 0 heterocycles. The fourth-order valence-corrected chi connectivity index (χ4v) is 1.90. The molecular weight excluding hydrogens is 252 g/mol. The van der Waals surface area contributed by atoms with Crippen molar-refractivity contribution >= 4 is 15.9 Å². The molecule has 1 N–H and O–H groups in total. The molecule has 1 nitrogen and oxygen atoms in total. The van der Waals surface area contributed by atoms with Crippen molar-refractivity contribution in [3.05, 3.63) is 34.3 Å². The van der Waals surface area contributed by atoms with Gasteiger partial charge in [0.1, 0.15) is 0 Å². The van der Waals surface area contributed by atoms with Crippen LogP contribution in [0.25, 0.3) is 0 Å². The van der Waals surface area contributed by atoms with Gasteiger partial charge in [0.15, 0.2) is 0 Å². The third-order valence-electron chi connectivity index (χ3n) is 2.43. The van der Waals surface area contributed by atoms with Crippen LogP contribution in [0.2, 0.25) is 0 Å². The number of hydrogen-bond acceptors (Lipinski definition) is 1. The summed E-state index contributed by atoms with van der Waals surface area (Å²) in [4.78, 5) is 0. The van der Waals surface area contributed by atoms with E-state index >= 15 is 0 Å². The van der Waals surface area contributed by atoms with Crippen molar-refractivity contribution in [3.63, 3.8) is 0 Å². The topological polar surface area (TPSA) is 20.2 Å². The summed E-state index contributed by atoms with van der Waals surface area (Å²) < 4.78 is 0.984. The monoisotopic (exact) mass is 266 g/mol. The average molecular weight is 267 g/mol. The molecule has 1 atom stereocenters. The van der Waals surface area contributed by atoms with Crippen molar-refractivity contribution in [3.8, 4) is 12.3 Å². The summed E-state index contributed by atoms with van der Waals surface area (Å²) in [6.45, 7) is 1.82. The van der Waals surface area contributed by atoms with Gasteiger partial charge in [-0.05, 0) is 37.5 Å². The highest BCUT2D eigenvalue weighted by molar-refractivity contribution is 9.10. The van der Waals surface area contributed by atoms with Crippen molar-refractivity contribution in [1.82, 2.24) is 0 Å². The largest absolute Gasteiger partial charge is 0.385 e. The van der Waals surface area contributed by atoms with E-state index in [0.29, 0.717) is 12.8 Å². The Morgan fingerprint density at radius 1 is 1.53 bits per heavy atom. The summed E-state index contributed by atoms with van der Waals surface area (Å²) in [5, 5.41) is 10.2. The lowest BCUT2D eigenvalue weighted by Crippen LogP contribution is -2.20. The minimum absolute atomic E-state index is 0.688. The highest BCUT2D eigenvalue weighted by Crippen LogP contribution is 2.28. The number of benzene rings is 1. The molecule has 0 aliphatic heterocycles. The quantitative estimate of drug-likeness (QED) is 0.654. The van der Waals surface area contributed by atoms with Crippen LogP contribution in [0.4, 0.5) is 0 Å². The molecule has 1 rings (SSSR count). The van der Waals surface area contributed by atoms with Crippen LogP contribution < -0.4 is 0 Å². The maximum Gasteiger partial charge on any atom is 0.0869 e. The van der Waals surface area contributed by atoms with Gasteiger partial charge in [-0.25, -0.2) is 0 Å². The Bertz CT molecular complexity index is 363. The first-order chi connectivity index (χ1) is 7.06. The van der Waals surface area contributed by atoms with Gasteiger partial charge in [-0.1, -0.05) is 28.1 Å². The van der Waals surface area contributed by atoms with Gasteiger partial charge < -0.3 is 5.11 Å². The Morgan fingerprint density at radius 2 is 2.27 bits per heavy atom. The molecule has 15 heavy (non-hydrogen) atoms. The number of aliphatic hydroxyl groups is 1. The van der Waals surface area contributed by atoms with Crippen LogP contribution in [-0.2, 0) is 5.60 Å². The summed E-state index contributed by atoms with van der Waals surface area (Å²) in [6, 6.07) is 7.74. The molecule has 0 saturated carbocycles. The molecule has 0 spiro atoms. The predicted molar refractivity (Wildman–Crippen MR) is 66.4 cm³/mol. The molecule has 80 valence electrons. The van der Waals surface area contributed by atoms with E-state index in [9.17, 15) is 5.11 Å². The van der Waals surface area contributed by atoms with Crippen LogP contribution in [0.1, 0.15) is 31.7 Å². The van der Waals surface area contributed by atoms with Crippen LogP contribution in [-0.4, -0.2) is 5.11 Å². The number of unbranched alkanes of at least 4 members (excludes halogenated alkanes) is 1. The van der Waals surface area contributed by atoms with Gasteiger partial charge in [0.2, 0.25) is 0 Å². The van der Waals surface area contributed by atoms with E-state index in [2.05, 4.69) is 21.9 Å². The Balaban J connectivity index is 2.73. The lowest BCUT2D eigenvalue weighted by molar-refractivity contribution is 0.0459. The highest BCUT2D eigenvalue weighted by Gasteiger charge is 2.22. The number of halogens is 1. The van der Waals surface area contributed by atoms with Crippen LogP contribution in [0.5, 0.6) is 0 Å². The number of terminal acetylenes is 1. The molecule has 2 heteroatoms. The Labute approximate surface area is 99.6 Å². The zero-order chi connectivity index (χ0) is 11.3. The van der Waals surface area contributed by atoms with E-state index in [4.69, 9.17) is 6.42 Å². The van der Waals surface area contributed by atoms with Crippen molar-refractivity contribution in [1.29, 1.82) is 0 Å². The van der Waals surface area contributed by atoms with Gasteiger partial charge in [0, 0.05) is 10.9 Å². The van der Waals surface area contributed by atoms with Crippen LogP contribution in [0.15, 0.2) is 28.7 Å². The first kappa shape index (κ1) is 12.3. The lowest BCUT2D eigenvalue weighted by Gasteiger charge is -2.23. The highest BCUT2D eigenvalue weighted by atomic mass is 79.9. The zero-order valence-electron chi connectivity index (χ0n) is 8.83. The maximum absolute atomic E-state index is 10.2. The van der Waals surface area contributed by atoms with E-state index < -0.39 is 5.60 Å². The van der Waals surface area contributed by atoms with Crippen LogP contribution >= 0.6 is 15.9 Å². The molecule has 0 aliphatic carbocycles. The standard InChI is InChI=1S/C13H15BrO/c1-3-4-5-9-13(2,15)11-7-6-8-12(14)10-11/h1,6-8,10,15H,4-5,9H2,2H3. The molecule has 1 unspecified atom stereocenters. The first-order valence-corrected chi connectivity index (χ1v) is 5.77. The molecule has 0 bridgehead atoms. The second-order valence-electron chi connectivity index (χ2n) is 3.84. The van der Waals surface area contributed by atoms with Gasteiger partial charge in [-0.3, -0.25) is 0 Å². The summed E-state index contributed by atoms with van der Waals surface area (Å²) in [7, 11) is 0. The van der Waals surface area contributed by atoms with E-state index in [1.165, 1.54) is 0 Å². The molecule has 0 aliphatic rings. The molecule has 0 aromatic heterocycles. The third-order valence-corrected chi connectivity index (χ3v) is 2.92. The van der Waals surface area contributed by atoms with Crippen LogP contribution in [0.3, 0.4) is 0 Å². The van der Waals surface area contributed by atoms with Gasteiger partial charge in [0.25, 0.3) is 0 Å². The minimum atomic E-state index is -0.791. The van der Waals surface area contributed by atoms with Gasteiger partial charge in [-0.2, -0.15) is 0 Å². The molecule has 0 fully saturated rings. The van der Waals surface area contributed by atoms with Gasteiger partial charge in [0.05, 0.1) is 5.60 Å². The summed E-state index contributed by atoms with van der Waals surface area (Å²) >= 11 is 3.39. The van der Waals surface area contributed by atoms with Crippen LogP contribution in [0, 0.1) is 12.3 Å². The SMILES string of the molecule is C#CCCCC(C)(O)c1cccc(Br)c1. The minimum Gasteiger partial charge on any atom is -0.385 e. The predicted octanol–water partition coefficient (Wildman–Crippen LogP) is 3.46. The normalized spacial score (nSPS) is 14.3. The summed E-state index contributed by atoms with van der Waals surface area (Å²) in [6.07, 6.45) is 7.43. The fourth-order valence-electron chi connectivity index (χ4n) is 1.50. The maximum atomic E-state index is 10.2. The van der Waals surface area contributed by atoms with Crippen molar-refractivity contribution in [2.24, 2.45) is 0 Å². The second-order valence-corrected chi connectivity index (χ2v) is 4.76. The smallest absolute Gasteiger partial charge is 0.0869 e. The Kier molecular flexibility index (Phi) is 4.38. The van der Waals surface area contributed by atoms with Crippen molar-refractivity contribution in [2.75, 3.05) is 0 Å². The first-order valence-electron chi connectivity index (χ1n) is 4.98. The number of rotatable bonds is 4. The second kappa shape index (κ2) is 5.34. The lowest BCUT2D eigenvalue weighted by atomic mass is 9.91. The van der Waals surface area contributed by atoms with Crippen molar-refractivity contribution in [2.45, 2.75) is 31.8 Å². The summed E-state index contributed by atoms with van der Waals surface area (Å²) in [5.41, 5.74) is 0.134.